The van der Waals surface area contributed by atoms with Crippen molar-refractivity contribution in [2.45, 2.75) is 30.8 Å². The monoisotopic (exact) mass is 562 g/mol. The Kier molecular flexibility index (Phi) is 8.62. The number of piperazine rings is 2. The minimum Gasteiger partial charge on any atom is -0.367 e. The topological polar surface area (TPSA) is 72.9 Å². The van der Waals surface area contributed by atoms with Gasteiger partial charge in [-0.15, -0.1) is 0 Å². The molecule has 1 aromatic carbocycles. The van der Waals surface area contributed by atoms with E-state index in [1.807, 2.05) is 34.1 Å². The van der Waals surface area contributed by atoms with Gasteiger partial charge in [-0.2, -0.15) is 0 Å². The number of rotatable bonds is 6. The zero-order valence-electron chi connectivity index (χ0n) is 20.8. The van der Waals surface area contributed by atoms with Crippen molar-refractivity contribution in [1.29, 1.82) is 0 Å². The number of hydrogen-bond acceptors (Lipinski definition) is 7. The Labute approximate surface area is 232 Å². The summed E-state index contributed by atoms with van der Waals surface area (Å²) in [6.07, 6.45) is 4.38. The predicted molar refractivity (Wildman–Crippen MR) is 149 cm³/mol. The van der Waals surface area contributed by atoms with Crippen LogP contribution < -0.4 is 9.80 Å². The number of carbonyl (C=O) groups excluding carboxylic acids is 2. The Morgan fingerprint density at radius 2 is 1.51 bits per heavy atom. The molecule has 3 heterocycles. The fraction of sp³-hybridized carbons (Fsp3) is 0.538. The first-order chi connectivity index (χ1) is 18.0. The van der Waals surface area contributed by atoms with Gasteiger partial charge in [0.2, 0.25) is 11.8 Å². The highest BCUT2D eigenvalue weighted by Crippen LogP contribution is 2.29. The van der Waals surface area contributed by atoms with Crippen LogP contribution in [0, 0.1) is 5.92 Å². The van der Waals surface area contributed by atoms with E-state index in [9.17, 15) is 9.59 Å². The minimum absolute atomic E-state index is 0.0629. The molecule has 5 rings (SSSR count). The molecule has 37 heavy (non-hydrogen) atoms. The lowest BCUT2D eigenvalue weighted by Gasteiger charge is -2.36. The third-order valence-corrected chi connectivity index (χ3v) is 8.78. The summed E-state index contributed by atoms with van der Waals surface area (Å²) in [5, 5.41) is 1.58. The van der Waals surface area contributed by atoms with Gasteiger partial charge in [0.25, 0.3) is 0 Å². The molecule has 2 saturated heterocycles. The summed E-state index contributed by atoms with van der Waals surface area (Å²) < 4.78 is 0. The number of benzene rings is 1. The molecule has 0 spiro atoms. The van der Waals surface area contributed by atoms with Crippen LogP contribution in [0.3, 0.4) is 0 Å². The van der Waals surface area contributed by atoms with E-state index in [-0.39, 0.29) is 17.6 Å². The normalized spacial score (nSPS) is 19.0. The third-order valence-electron chi connectivity index (χ3n) is 7.43. The summed E-state index contributed by atoms with van der Waals surface area (Å²) >= 11 is 14.0. The smallest absolute Gasteiger partial charge is 0.233 e. The molecular formula is C26H32Cl2N6O2S. The molecule has 8 nitrogen and oxygen atoms in total. The van der Waals surface area contributed by atoms with Gasteiger partial charge in [0, 0.05) is 64.3 Å². The van der Waals surface area contributed by atoms with Crippen LogP contribution >= 0.6 is 35.0 Å². The van der Waals surface area contributed by atoms with Gasteiger partial charge in [-0.1, -0.05) is 59.9 Å². The summed E-state index contributed by atoms with van der Waals surface area (Å²) in [4.78, 5) is 42.9. The maximum Gasteiger partial charge on any atom is 0.233 e. The first kappa shape index (κ1) is 26.4. The molecule has 11 heteroatoms. The third kappa shape index (κ3) is 6.44. The van der Waals surface area contributed by atoms with Crippen molar-refractivity contribution in [3.05, 3.63) is 40.5 Å². The molecule has 1 aromatic heterocycles. The quantitative estimate of drug-likeness (QED) is 0.298. The second-order valence-electron chi connectivity index (χ2n) is 9.73. The second-order valence-corrected chi connectivity index (χ2v) is 11.5. The van der Waals surface area contributed by atoms with Crippen molar-refractivity contribution in [2.24, 2.45) is 5.92 Å². The van der Waals surface area contributed by atoms with Crippen molar-refractivity contribution in [3.63, 3.8) is 0 Å². The van der Waals surface area contributed by atoms with Crippen molar-refractivity contribution in [3.8, 4) is 0 Å². The number of carbonyl (C=O) groups is 2. The number of nitrogens with zero attached hydrogens (tertiary/aromatic N) is 6. The minimum atomic E-state index is 0.0629. The summed E-state index contributed by atoms with van der Waals surface area (Å²) in [7, 11) is 0. The van der Waals surface area contributed by atoms with Gasteiger partial charge in [-0.25, -0.2) is 9.97 Å². The largest absolute Gasteiger partial charge is 0.367 e. The van der Waals surface area contributed by atoms with E-state index in [1.165, 1.54) is 11.8 Å². The van der Waals surface area contributed by atoms with Gasteiger partial charge in [-0.3, -0.25) is 9.59 Å². The van der Waals surface area contributed by atoms with Gasteiger partial charge < -0.3 is 19.6 Å². The van der Waals surface area contributed by atoms with E-state index in [0.717, 1.165) is 55.3 Å². The average Bonchev–Trinajstić information content (AvgIpc) is 3.47. The van der Waals surface area contributed by atoms with Crippen LogP contribution in [0.2, 0.25) is 10.2 Å². The molecule has 0 bridgehead atoms. The highest BCUT2D eigenvalue weighted by molar-refractivity contribution is 7.99. The predicted octanol–water partition coefficient (Wildman–Crippen LogP) is 4.06. The van der Waals surface area contributed by atoms with Crippen LogP contribution in [0.1, 0.15) is 25.7 Å². The summed E-state index contributed by atoms with van der Waals surface area (Å²) in [6, 6.07) is 9.56. The maximum absolute atomic E-state index is 12.9. The van der Waals surface area contributed by atoms with Crippen LogP contribution in [0.5, 0.6) is 0 Å². The zero-order valence-corrected chi connectivity index (χ0v) is 23.1. The maximum atomic E-state index is 12.9. The molecule has 198 valence electrons. The van der Waals surface area contributed by atoms with Crippen molar-refractivity contribution >= 4 is 58.3 Å². The van der Waals surface area contributed by atoms with Gasteiger partial charge in [0.1, 0.15) is 11.0 Å². The number of para-hydroxylation sites is 1. The number of hydrogen-bond donors (Lipinski definition) is 0. The lowest BCUT2D eigenvalue weighted by molar-refractivity contribution is -0.135. The molecule has 0 unspecified atom stereocenters. The molecule has 1 aliphatic carbocycles. The number of halogens is 2. The number of aromatic nitrogens is 2. The first-order valence-electron chi connectivity index (χ1n) is 13.0. The Balaban J connectivity index is 1.11. The molecule has 3 fully saturated rings. The molecule has 1 saturated carbocycles. The van der Waals surface area contributed by atoms with E-state index in [1.54, 1.807) is 6.07 Å². The van der Waals surface area contributed by atoms with Crippen LogP contribution in [0.25, 0.3) is 0 Å². The fourth-order valence-electron chi connectivity index (χ4n) is 5.32. The highest BCUT2D eigenvalue weighted by atomic mass is 35.5. The van der Waals surface area contributed by atoms with Gasteiger partial charge in [-0.05, 0) is 25.0 Å². The van der Waals surface area contributed by atoms with Gasteiger partial charge in [0.05, 0.1) is 16.5 Å². The molecule has 2 amide bonds. The Morgan fingerprint density at radius 1 is 0.865 bits per heavy atom. The van der Waals surface area contributed by atoms with E-state index in [2.05, 4.69) is 19.8 Å². The summed E-state index contributed by atoms with van der Waals surface area (Å²) in [5.74, 6) is 1.58. The molecule has 0 radical (unpaired) electrons. The summed E-state index contributed by atoms with van der Waals surface area (Å²) in [6.45, 7) is 5.60. The Hall–Kier alpha value is -2.23. The summed E-state index contributed by atoms with van der Waals surface area (Å²) in [5.41, 5.74) is 1.01. The average molecular weight is 564 g/mol. The first-order valence-corrected chi connectivity index (χ1v) is 14.7. The molecule has 0 atom stereocenters. The van der Waals surface area contributed by atoms with E-state index < -0.39 is 0 Å². The number of amides is 2. The van der Waals surface area contributed by atoms with E-state index in [0.29, 0.717) is 55.5 Å². The molecule has 2 aliphatic heterocycles. The fourth-order valence-corrected chi connectivity index (χ4v) is 6.56. The molecule has 2 aromatic rings. The molecule has 0 N–H and O–H groups in total. The van der Waals surface area contributed by atoms with E-state index in [4.69, 9.17) is 23.2 Å². The van der Waals surface area contributed by atoms with Gasteiger partial charge >= 0.3 is 0 Å². The lowest BCUT2D eigenvalue weighted by Crippen LogP contribution is -2.50. The molecule has 3 aliphatic rings. The lowest BCUT2D eigenvalue weighted by atomic mass is 10.1. The SMILES string of the molecule is O=C(CSc1nc(Cl)cc(N2CCN(C(=O)C3CCCC3)CC2)n1)N1CCN(c2ccccc2Cl)CC1. The second kappa shape index (κ2) is 12.1. The van der Waals surface area contributed by atoms with Crippen LogP contribution in [-0.2, 0) is 9.59 Å². The Morgan fingerprint density at radius 3 is 2.22 bits per heavy atom. The zero-order chi connectivity index (χ0) is 25.8. The standard InChI is InChI=1S/C26H32Cl2N6O2S/c27-20-7-3-4-8-21(20)31-9-13-33(14-10-31)24(35)18-37-26-29-22(28)17-23(30-26)32-11-15-34(16-12-32)25(36)19-5-1-2-6-19/h3-4,7-8,17,19H,1-2,5-6,9-16,18H2. The van der Waals surface area contributed by atoms with Crippen molar-refractivity contribution in [2.75, 3.05) is 67.9 Å². The van der Waals surface area contributed by atoms with Gasteiger partial charge in [0.15, 0.2) is 5.16 Å². The highest BCUT2D eigenvalue weighted by Gasteiger charge is 2.30. The molecular weight excluding hydrogens is 531 g/mol. The number of thioether (sulfide) groups is 1. The van der Waals surface area contributed by atoms with Crippen LogP contribution in [0.15, 0.2) is 35.5 Å². The Bertz CT molecular complexity index is 1120. The van der Waals surface area contributed by atoms with Crippen molar-refractivity contribution < 1.29 is 9.59 Å². The van der Waals surface area contributed by atoms with Crippen LogP contribution in [-0.4, -0.2) is 89.7 Å². The van der Waals surface area contributed by atoms with E-state index >= 15 is 0 Å². The van der Waals surface area contributed by atoms with Crippen molar-refractivity contribution in [1.82, 2.24) is 19.8 Å². The number of anilines is 2. The van der Waals surface area contributed by atoms with Crippen LogP contribution in [0.4, 0.5) is 11.5 Å².